The Morgan fingerprint density at radius 3 is 2.14 bits per heavy atom. The zero-order chi connectivity index (χ0) is 27.1. The molecule has 2 aromatic carbocycles. The highest BCUT2D eigenvalue weighted by Crippen LogP contribution is 2.44. The molecule has 1 aliphatic heterocycles. The summed E-state index contributed by atoms with van der Waals surface area (Å²) in [6.45, 7) is -2.88. The van der Waals surface area contributed by atoms with Crippen LogP contribution < -0.4 is 10.6 Å². The first-order valence-electron chi connectivity index (χ1n) is 10.5. The summed E-state index contributed by atoms with van der Waals surface area (Å²) in [6.07, 6.45) is -6.13. The van der Waals surface area contributed by atoms with E-state index in [1.807, 2.05) is 0 Å². The fraction of sp³-hybridized carbons (Fsp3) is 0.348. The highest BCUT2D eigenvalue weighted by molar-refractivity contribution is 6.11. The first-order chi connectivity index (χ1) is 16.6. The number of nitrogens with two attached hydrogens (primary N) is 1. The van der Waals surface area contributed by atoms with Crippen LogP contribution in [0.15, 0.2) is 48.5 Å². The number of anilines is 1. The lowest BCUT2D eigenvalue weighted by Gasteiger charge is -2.38. The van der Waals surface area contributed by atoms with Crippen LogP contribution in [0.1, 0.15) is 18.5 Å². The van der Waals surface area contributed by atoms with E-state index in [9.17, 15) is 46.5 Å². The Labute approximate surface area is 201 Å². The second kappa shape index (κ2) is 9.47. The third kappa shape index (κ3) is 4.63. The van der Waals surface area contributed by atoms with E-state index >= 15 is 0 Å². The fourth-order valence-corrected chi connectivity index (χ4v) is 3.92. The number of alkyl halides is 5. The summed E-state index contributed by atoms with van der Waals surface area (Å²) >= 11 is 0. The van der Waals surface area contributed by atoms with Gasteiger partial charge < -0.3 is 25.7 Å². The minimum atomic E-state index is -6.13. The smallest absolute Gasteiger partial charge is 0.395 e. The Hall–Kier alpha value is -3.58. The maximum Gasteiger partial charge on any atom is 0.455 e. The number of hydrogen-bond acceptors (Lipinski definition) is 5. The predicted octanol–water partition coefficient (Wildman–Crippen LogP) is 2.00. The molecule has 0 aromatic heterocycles. The van der Waals surface area contributed by atoms with E-state index in [0.717, 1.165) is 4.90 Å². The lowest BCUT2D eigenvalue weighted by molar-refractivity contribution is -0.287. The number of aliphatic hydroxyl groups excluding tert-OH is 1. The van der Waals surface area contributed by atoms with Crippen molar-refractivity contribution >= 4 is 23.4 Å². The zero-order valence-electron chi connectivity index (χ0n) is 18.8. The summed E-state index contributed by atoms with van der Waals surface area (Å²) in [5.41, 5.74) is 2.44. The molecule has 194 valence electrons. The number of fused-ring (bicyclic) bond motifs is 3. The van der Waals surface area contributed by atoms with Crippen molar-refractivity contribution in [3.05, 3.63) is 54.1 Å². The highest BCUT2D eigenvalue weighted by atomic mass is 19.4. The van der Waals surface area contributed by atoms with Gasteiger partial charge >= 0.3 is 12.1 Å². The monoisotopic (exact) mass is 515 g/mol. The minimum absolute atomic E-state index is 0.137. The molecule has 3 amide bonds. The molecule has 0 radical (unpaired) electrons. The van der Waals surface area contributed by atoms with Crippen molar-refractivity contribution in [3.63, 3.8) is 0 Å². The summed E-state index contributed by atoms with van der Waals surface area (Å²) in [7, 11) is 0. The molecule has 36 heavy (non-hydrogen) atoms. The fourth-order valence-electron chi connectivity index (χ4n) is 3.92. The molecule has 0 aliphatic carbocycles. The maximum absolute atomic E-state index is 14.3. The van der Waals surface area contributed by atoms with Crippen LogP contribution in [0.2, 0.25) is 0 Å². The zero-order valence-corrected chi connectivity index (χ0v) is 18.8. The number of rotatable bonds is 7. The van der Waals surface area contributed by atoms with Gasteiger partial charge in [-0.05, 0) is 24.1 Å². The topological polar surface area (TPSA) is 124 Å². The van der Waals surface area contributed by atoms with Gasteiger partial charge in [-0.2, -0.15) is 22.0 Å². The van der Waals surface area contributed by atoms with Gasteiger partial charge in [0.25, 0.3) is 17.7 Å². The van der Waals surface area contributed by atoms with Crippen LogP contribution in [0.5, 0.6) is 0 Å². The number of hydrogen-bond donors (Lipinski definition) is 3. The summed E-state index contributed by atoms with van der Waals surface area (Å²) in [6, 6.07) is 9.63. The van der Waals surface area contributed by atoms with E-state index in [0.29, 0.717) is 12.5 Å². The Bertz CT molecular complexity index is 1180. The molecule has 1 unspecified atom stereocenters. The molecule has 2 aromatic rings. The van der Waals surface area contributed by atoms with Crippen molar-refractivity contribution in [3.8, 4) is 11.1 Å². The number of primary amides is 1. The van der Waals surface area contributed by atoms with Crippen LogP contribution in [0.3, 0.4) is 0 Å². The molecule has 8 nitrogen and oxygen atoms in total. The van der Waals surface area contributed by atoms with E-state index in [2.05, 4.69) is 0 Å². The first kappa shape index (κ1) is 27.0. The highest BCUT2D eigenvalue weighted by Gasteiger charge is 2.61. The van der Waals surface area contributed by atoms with Gasteiger partial charge in [-0.1, -0.05) is 42.5 Å². The van der Waals surface area contributed by atoms with Crippen molar-refractivity contribution in [1.29, 1.82) is 0 Å². The molecule has 2 atom stereocenters. The van der Waals surface area contributed by atoms with Crippen LogP contribution in [-0.2, 0) is 14.4 Å². The Balaban J connectivity index is 2.33. The third-order valence-corrected chi connectivity index (χ3v) is 5.82. The molecule has 0 fully saturated rings. The first-order valence-corrected chi connectivity index (χ1v) is 10.5. The van der Waals surface area contributed by atoms with Gasteiger partial charge in [0.1, 0.15) is 6.04 Å². The molecule has 0 saturated heterocycles. The van der Waals surface area contributed by atoms with Crippen LogP contribution in [-0.4, -0.2) is 70.2 Å². The Morgan fingerprint density at radius 2 is 1.58 bits per heavy atom. The average Bonchev–Trinajstić information content (AvgIpc) is 2.90. The van der Waals surface area contributed by atoms with E-state index in [1.165, 1.54) is 36.4 Å². The molecule has 0 spiro atoms. The normalized spacial score (nSPS) is 17.5. The van der Waals surface area contributed by atoms with Gasteiger partial charge in [0, 0.05) is 12.1 Å². The maximum atomic E-state index is 14.3. The lowest BCUT2D eigenvalue weighted by atomic mass is 9.93. The molecule has 0 saturated carbocycles. The number of nitrogens with zero attached hydrogens (tertiary/aromatic N) is 2. The van der Waals surface area contributed by atoms with E-state index in [1.54, 1.807) is 12.1 Å². The third-order valence-electron chi connectivity index (χ3n) is 5.82. The van der Waals surface area contributed by atoms with Gasteiger partial charge in [-0.15, -0.1) is 0 Å². The average molecular weight is 515 g/mol. The SMILES string of the molecule is CC(O)(C(N)=O)C(=O)N(CC(F)(F)C(F)(F)F)[C@@H]1C(=O)N(CCO)c2ccccc2-c2ccccc21. The van der Waals surface area contributed by atoms with Crippen molar-refractivity contribution in [2.24, 2.45) is 5.73 Å². The van der Waals surface area contributed by atoms with Crippen LogP contribution in [0.25, 0.3) is 11.1 Å². The van der Waals surface area contributed by atoms with Crippen LogP contribution in [0.4, 0.5) is 27.6 Å². The Morgan fingerprint density at radius 1 is 1.03 bits per heavy atom. The van der Waals surface area contributed by atoms with Gasteiger partial charge in [0.05, 0.1) is 18.8 Å². The predicted molar refractivity (Wildman–Crippen MR) is 117 cm³/mol. The van der Waals surface area contributed by atoms with Gasteiger partial charge in [-0.25, -0.2) is 0 Å². The number of para-hydroxylation sites is 1. The minimum Gasteiger partial charge on any atom is -0.395 e. The molecular formula is C23H22F5N3O5. The lowest BCUT2D eigenvalue weighted by Crippen LogP contribution is -2.61. The molecule has 1 aliphatic rings. The second-order valence-corrected chi connectivity index (χ2v) is 8.29. The van der Waals surface area contributed by atoms with Crippen LogP contribution in [0, 0.1) is 0 Å². The molecule has 1 heterocycles. The van der Waals surface area contributed by atoms with Crippen molar-refractivity contribution in [2.75, 3.05) is 24.6 Å². The number of carbonyl (C=O) groups excluding carboxylic acids is 3. The summed E-state index contributed by atoms with van der Waals surface area (Å²) < 4.78 is 68.2. The molecule has 3 rings (SSSR count). The summed E-state index contributed by atoms with van der Waals surface area (Å²) in [5, 5.41) is 19.9. The van der Waals surface area contributed by atoms with E-state index < -0.39 is 61.2 Å². The number of amides is 3. The summed E-state index contributed by atoms with van der Waals surface area (Å²) in [4.78, 5) is 39.4. The summed E-state index contributed by atoms with van der Waals surface area (Å²) in [5.74, 6) is -10.3. The van der Waals surface area contributed by atoms with Gasteiger partial charge in [0.15, 0.2) is 0 Å². The van der Waals surface area contributed by atoms with Crippen molar-refractivity contribution in [2.45, 2.75) is 30.7 Å². The number of halogens is 5. The molecule has 13 heteroatoms. The molecular weight excluding hydrogens is 493 g/mol. The second-order valence-electron chi connectivity index (χ2n) is 8.29. The largest absolute Gasteiger partial charge is 0.455 e. The molecule has 4 N–H and O–H groups in total. The molecule has 0 bridgehead atoms. The Kier molecular flexibility index (Phi) is 7.10. The number of aliphatic hydroxyl groups is 2. The van der Waals surface area contributed by atoms with E-state index in [4.69, 9.17) is 5.73 Å². The van der Waals surface area contributed by atoms with Crippen LogP contribution >= 0.6 is 0 Å². The number of β-amino-alcohol motifs (C(OH)–C–C–N with tert-alkyl or cyclic N) is 1. The standard InChI is InChI=1S/C23H22F5N3O5/c1-21(36,19(29)34)20(35)31(12-22(24,25)23(26,27)28)17-15-8-3-2-6-13(15)14-7-4-5-9-16(14)30(10-11-32)18(17)33/h2-9,17,32,36H,10-12H2,1H3,(H2,29,34)/t17-,21?/m0/s1. The van der Waals surface area contributed by atoms with Crippen molar-refractivity contribution < 1.29 is 46.5 Å². The number of carbonyl (C=O) groups is 3. The quantitative estimate of drug-likeness (QED) is 0.385. The number of benzene rings is 2. The van der Waals surface area contributed by atoms with Crippen molar-refractivity contribution in [1.82, 2.24) is 4.90 Å². The van der Waals surface area contributed by atoms with E-state index in [-0.39, 0.29) is 21.7 Å². The van der Waals surface area contributed by atoms with Gasteiger partial charge in [0.2, 0.25) is 5.60 Å². The van der Waals surface area contributed by atoms with Gasteiger partial charge in [-0.3, -0.25) is 14.4 Å².